The summed E-state index contributed by atoms with van der Waals surface area (Å²) in [6.45, 7) is 4.61. The van der Waals surface area contributed by atoms with Crippen LogP contribution in [0.5, 0.6) is 5.75 Å². The maximum Gasteiger partial charge on any atom is 0.232 e. The van der Waals surface area contributed by atoms with E-state index in [1.54, 1.807) is 0 Å². The summed E-state index contributed by atoms with van der Waals surface area (Å²) in [6.07, 6.45) is 7.49. The molecular formula is C19H29N5O2S. The number of hydrogen-bond acceptors (Lipinski definition) is 7. The number of nitrogen functional groups attached to an aromatic ring is 1. The van der Waals surface area contributed by atoms with Crippen LogP contribution in [-0.4, -0.2) is 44.4 Å². The van der Waals surface area contributed by atoms with E-state index in [9.17, 15) is 4.55 Å². The SMILES string of the molecule is Nc1n[s+]([O-])nc1NCCCOc1cccc(CN2CCCCCCC2)c1. The van der Waals surface area contributed by atoms with Gasteiger partial charge >= 0.3 is 0 Å². The molecule has 3 N–H and O–H groups in total. The van der Waals surface area contributed by atoms with Crippen LogP contribution in [0.15, 0.2) is 24.3 Å². The van der Waals surface area contributed by atoms with Crippen molar-refractivity contribution < 1.29 is 9.29 Å². The summed E-state index contributed by atoms with van der Waals surface area (Å²) in [5, 5.41) is 3.04. The minimum atomic E-state index is -1.57. The third-order valence-corrected chi connectivity index (χ3v) is 5.42. The Morgan fingerprint density at radius 2 is 1.93 bits per heavy atom. The number of nitrogens with one attached hydrogen (secondary N) is 1. The fourth-order valence-electron chi connectivity index (χ4n) is 3.33. The molecule has 0 spiro atoms. The maximum atomic E-state index is 11.1. The summed E-state index contributed by atoms with van der Waals surface area (Å²) in [6, 6.07) is 8.38. The summed E-state index contributed by atoms with van der Waals surface area (Å²) < 4.78 is 24.5. The lowest BCUT2D eigenvalue weighted by Gasteiger charge is -2.24. The molecule has 3 rings (SSSR count). The van der Waals surface area contributed by atoms with Crippen LogP contribution in [0.1, 0.15) is 44.1 Å². The highest BCUT2D eigenvalue weighted by atomic mass is 32.2. The molecule has 1 atom stereocenters. The minimum absolute atomic E-state index is 0.200. The monoisotopic (exact) mass is 391 g/mol. The number of benzene rings is 1. The first-order valence-electron chi connectivity index (χ1n) is 9.74. The molecule has 1 fully saturated rings. The van der Waals surface area contributed by atoms with E-state index in [1.807, 2.05) is 6.07 Å². The molecule has 2 aromatic rings. The first kappa shape index (κ1) is 19.9. The molecule has 148 valence electrons. The average molecular weight is 392 g/mol. The van der Waals surface area contributed by atoms with Gasteiger partial charge in [0.05, 0.1) is 6.61 Å². The van der Waals surface area contributed by atoms with E-state index < -0.39 is 11.1 Å². The molecule has 1 aromatic heterocycles. The van der Waals surface area contributed by atoms with E-state index >= 15 is 0 Å². The summed E-state index contributed by atoms with van der Waals surface area (Å²) in [4.78, 5) is 2.56. The van der Waals surface area contributed by atoms with Crippen molar-refractivity contribution in [2.24, 2.45) is 0 Å². The van der Waals surface area contributed by atoms with Gasteiger partial charge in [0.1, 0.15) is 5.75 Å². The van der Waals surface area contributed by atoms with Crippen molar-refractivity contribution in [2.45, 2.75) is 45.1 Å². The first-order chi connectivity index (χ1) is 13.2. The largest absolute Gasteiger partial charge is 0.546 e. The van der Waals surface area contributed by atoms with Gasteiger partial charge in [-0.2, -0.15) is 0 Å². The van der Waals surface area contributed by atoms with Gasteiger partial charge in [-0.05, 0) is 50.0 Å². The Hall–Kier alpha value is -1.90. The molecule has 0 aliphatic carbocycles. The number of nitrogens with two attached hydrogens (primary N) is 1. The van der Waals surface area contributed by atoms with Gasteiger partial charge in [-0.15, -0.1) is 0 Å². The zero-order valence-corrected chi connectivity index (χ0v) is 16.5. The van der Waals surface area contributed by atoms with Crippen LogP contribution >= 0.6 is 11.1 Å². The molecule has 1 aromatic carbocycles. The number of hydrogen-bond donors (Lipinski definition) is 2. The standard InChI is InChI=1S/C19H29N5O2S/c20-18-19(23-27(25)22-18)21-10-7-13-26-17-9-6-8-16(14-17)15-24-11-4-2-1-3-5-12-24/h6,8-9,14H,1-5,7,10-13,15H2,(H2,20,22)(H,21,23). The lowest BCUT2D eigenvalue weighted by molar-refractivity contribution is 0.239. The second-order valence-corrected chi connectivity index (χ2v) is 7.79. The van der Waals surface area contributed by atoms with Crippen LogP contribution in [-0.2, 0) is 6.54 Å². The second kappa shape index (κ2) is 10.4. The number of ether oxygens (including phenoxy) is 1. The van der Waals surface area contributed by atoms with Gasteiger partial charge in [-0.1, -0.05) is 31.4 Å². The Morgan fingerprint density at radius 1 is 1.15 bits per heavy atom. The van der Waals surface area contributed by atoms with Crippen molar-refractivity contribution in [3.05, 3.63) is 29.8 Å². The van der Waals surface area contributed by atoms with E-state index in [4.69, 9.17) is 10.5 Å². The molecule has 8 heteroatoms. The quantitative estimate of drug-likeness (QED) is 0.525. The van der Waals surface area contributed by atoms with Crippen LogP contribution in [0.25, 0.3) is 0 Å². The zero-order valence-electron chi connectivity index (χ0n) is 15.7. The Balaban J connectivity index is 1.40. The molecule has 0 saturated carbocycles. The summed E-state index contributed by atoms with van der Waals surface area (Å²) in [7, 11) is 0. The van der Waals surface area contributed by atoms with Crippen LogP contribution in [0.2, 0.25) is 0 Å². The van der Waals surface area contributed by atoms with Gasteiger partial charge in [-0.3, -0.25) is 4.90 Å². The predicted molar refractivity (Wildman–Crippen MR) is 109 cm³/mol. The molecule has 1 unspecified atom stereocenters. The van der Waals surface area contributed by atoms with E-state index in [1.165, 1.54) is 50.8 Å². The van der Waals surface area contributed by atoms with Gasteiger partial charge in [0.25, 0.3) is 0 Å². The Labute approximate surface area is 164 Å². The fraction of sp³-hybridized carbons (Fsp3) is 0.579. The zero-order chi connectivity index (χ0) is 18.9. The number of rotatable bonds is 8. The lowest BCUT2D eigenvalue weighted by atomic mass is 10.1. The number of anilines is 2. The summed E-state index contributed by atoms with van der Waals surface area (Å²) >= 11 is -1.57. The molecule has 0 bridgehead atoms. The lowest BCUT2D eigenvalue weighted by Crippen LogP contribution is -2.26. The highest BCUT2D eigenvalue weighted by Crippen LogP contribution is 2.19. The van der Waals surface area contributed by atoms with Gasteiger partial charge in [0, 0.05) is 21.8 Å². The maximum absolute atomic E-state index is 11.1. The van der Waals surface area contributed by atoms with Crippen LogP contribution in [0.4, 0.5) is 11.6 Å². The normalized spacial score (nSPS) is 16.6. The molecule has 1 aliphatic heterocycles. The van der Waals surface area contributed by atoms with Crippen LogP contribution < -0.4 is 15.8 Å². The summed E-state index contributed by atoms with van der Waals surface area (Å²) in [5.41, 5.74) is 6.92. The van der Waals surface area contributed by atoms with Crippen LogP contribution in [0.3, 0.4) is 0 Å². The molecular weight excluding hydrogens is 362 g/mol. The summed E-state index contributed by atoms with van der Waals surface area (Å²) in [5.74, 6) is 1.51. The van der Waals surface area contributed by atoms with Crippen molar-refractivity contribution in [2.75, 3.05) is 37.3 Å². The van der Waals surface area contributed by atoms with Crippen molar-refractivity contribution in [1.82, 2.24) is 13.6 Å². The van der Waals surface area contributed by atoms with E-state index in [2.05, 4.69) is 37.2 Å². The van der Waals surface area contributed by atoms with Gasteiger partial charge < -0.3 is 20.3 Å². The third-order valence-electron chi connectivity index (χ3n) is 4.72. The van der Waals surface area contributed by atoms with Crippen molar-refractivity contribution in [3.8, 4) is 5.75 Å². The molecule has 0 radical (unpaired) electrons. The molecule has 1 aliphatic rings. The number of aromatic nitrogens is 2. The van der Waals surface area contributed by atoms with Crippen LogP contribution in [0, 0.1) is 0 Å². The Bertz CT molecular complexity index is 701. The van der Waals surface area contributed by atoms with Gasteiger partial charge in [-0.25, -0.2) is 0 Å². The Morgan fingerprint density at radius 3 is 2.67 bits per heavy atom. The fourth-order valence-corrected chi connectivity index (χ4v) is 3.94. The Kier molecular flexibility index (Phi) is 7.67. The first-order valence-corrected chi connectivity index (χ1v) is 10.8. The highest BCUT2D eigenvalue weighted by Gasteiger charge is 2.11. The molecule has 2 heterocycles. The number of nitrogens with zero attached hydrogens (tertiary/aromatic N) is 3. The van der Waals surface area contributed by atoms with Crippen molar-refractivity contribution >= 4 is 22.8 Å². The van der Waals surface area contributed by atoms with Gasteiger partial charge in [0.2, 0.25) is 11.6 Å². The van der Waals surface area contributed by atoms with Gasteiger partial charge in [0.15, 0.2) is 11.1 Å². The number of likely N-dealkylation sites (tertiary alicyclic amines) is 1. The third kappa shape index (κ3) is 6.64. The molecule has 1 saturated heterocycles. The minimum Gasteiger partial charge on any atom is -0.546 e. The second-order valence-electron chi connectivity index (χ2n) is 6.97. The average Bonchev–Trinajstić information content (AvgIpc) is 2.95. The molecule has 7 nitrogen and oxygen atoms in total. The van der Waals surface area contributed by atoms with E-state index in [0.717, 1.165) is 18.7 Å². The topological polar surface area (TPSA) is 99.4 Å². The predicted octanol–water partition coefficient (Wildman–Crippen LogP) is 3.43. The van der Waals surface area contributed by atoms with E-state index in [0.29, 0.717) is 19.0 Å². The smallest absolute Gasteiger partial charge is 0.232 e. The van der Waals surface area contributed by atoms with Crippen molar-refractivity contribution in [1.29, 1.82) is 0 Å². The van der Waals surface area contributed by atoms with E-state index in [-0.39, 0.29) is 5.82 Å². The molecule has 0 amide bonds. The van der Waals surface area contributed by atoms with Crippen molar-refractivity contribution in [3.63, 3.8) is 0 Å². The highest BCUT2D eigenvalue weighted by molar-refractivity contribution is 7.14. The molecule has 27 heavy (non-hydrogen) atoms.